The van der Waals surface area contributed by atoms with Gasteiger partial charge in [0.05, 0.1) is 11.5 Å². The quantitative estimate of drug-likeness (QED) is 0.384. The number of carbonyl (C=O) groups is 1. The Balaban J connectivity index is 1.82. The van der Waals surface area contributed by atoms with Crippen LogP contribution in [0.15, 0.2) is 12.1 Å². The lowest BCUT2D eigenvalue weighted by Gasteiger charge is -2.34. The molecule has 0 saturated carbocycles. The number of piperazine rings is 1. The third-order valence-electron chi connectivity index (χ3n) is 3.28. The fourth-order valence-corrected chi connectivity index (χ4v) is 3.14. The fourth-order valence-electron chi connectivity index (χ4n) is 2.19. The van der Waals surface area contributed by atoms with Gasteiger partial charge in [0, 0.05) is 44.1 Å². The summed E-state index contributed by atoms with van der Waals surface area (Å²) in [5.74, 6) is 4.88. The largest absolute Gasteiger partial charge is 0.395 e. The number of thiophene rings is 1. The molecule has 7 heteroatoms. The topological polar surface area (TPSA) is 81.8 Å². The highest BCUT2D eigenvalue weighted by molar-refractivity contribution is 7.14. The number of nitrogens with two attached hydrogens (primary N) is 1. The van der Waals surface area contributed by atoms with E-state index in [9.17, 15) is 4.79 Å². The second-order valence-corrected chi connectivity index (χ2v) is 5.75. The minimum Gasteiger partial charge on any atom is -0.395 e. The molecule has 1 aliphatic heterocycles. The Bertz CT molecular complexity index is 416. The smallest absolute Gasteiger partial charge is 0.275 e. The summed E-state index contributed by atoms with van der Waals surface area (Å²) < 4.78 is 0. The van der Waals surface area contributed by atoms with Crippen molar-refractivity contribution in [2.75, 3.05) is 39.3 Å². The average molecular weight is 284 g/mol. The molecule has 2 heterocycles. The van der Waals surface area contributed by atoms with Crippen molar-refractivity contribution in [3.63, 3.8) is 0 Å². The number of amides is 1. The van der Waals surface area contributed by atoms with E-state index < -0.39 is 0 Å². The number of aliphatic hydroxyl groups excluding tert-OH is 1. The molecule has 0 atom stereocenters. The number of hydrogen-bond donors (Lipinski definition) is 3. The molecule has 2 rings (SSSR count). The van der Waals surface area contributed by atoms with Gasteiger partial charge in [0.2, 0.25) is 0 Å². The highest BCUT2D eigenvalue weighted by atomic mass is 32.1. The highest BCUT2D eigenvalue weighted by Crippen LogP contribution is 2.18. The van der Waals surface area contributed by atoms with Crippen LogP contribution in [0.3, 0.4) is 0 Å². The first kappa shape index (κ1) is 14.4. The number of nitrogens with one attached hydrogen (secondary N) is 1. The number of aliphatic hydroxyl groups is 1. The van der Waals surface area contributed by atoms with Crippen LogP contribution in [0.1, 0.15) is 14.5 Å². The number of hydrogen-bond acceptors (Lipinski definition) is 6. The fraction of sp³-hybridized carbons (Fsp3) is 0.583. The summed E-state index contributed by atoms with van der Waals surface area (Å²) in [5, 5.41) is 8.90. The monoisotopic (exact) mass is 284 g/mol. The standard InChI is InChI=1S/C12H20N4O2S/c13-14-12(18)11-2-1-10(19-11)9-16-5-3-15(4-6-16)7-8-17/h1-2,17H,3-9,13H2,(H,14,18). The molecule has 1 saturated heterocycles. The van der Waals surface area contributed by atoms with Gasteiger partial charge in [-0.05, 0) is 12.1 Å². The van der Waals surface area contributed by atoms with Gasteiger partial charge in [-0.1, -0.05) is 0 Å². The molecule has 0 unspecified atom stereocenters. The molecule has 1 aromatic rings. The van der Waals surface area contributed by atoms with Crippen molar-refractivity contribution in [3.05, 3.63) is 21.9 Å². The van der Waals surface area contributed by atoms with Gasteiger partial charge < -0.3 is 5.11 Å². The van der Waals surface area contributed by atoms with Crippen LogP contribution in [0.25, 0.3) is 0 Å². The maximum atomic E-state index is 11.4. The second-order valence-electron chi connectivity index (χ2n) is 4.58. The second kappa shape index (κ2) is 6.97. The molecule has 0 radical (unpaired) electrons. The summed E-state index contributed by atoms with van der Waals surface area (Å²) in [6.07, 6.45) is 0. The Hall–Kier alpha value is -0.990. The van der Waals surface area contributed by atoms with Crippen LogP contribution in [0, 0.1) is 0 Å². The maximum absolute atomic E-state index is 11.4. The van der Waals surface area contributed by atoms with Gasteiger partial charge >= 0.3 is 0 Å². The summed E-state index contributed by atoms with van der Waals surface area (Å²) >= 11 is 1.48. The third-order valence-corrected chi connectivity index (χ3v) is 4.35. The van der Waals surface area contributed by atoms with Crippen LogP contribution in [0.5, 0.6) is 0 Å². The van der Waals surface area contributed by atoms with Crippen LogP contribution >= 0.6 is 11.3 Å². The van der Waals surface area contributed by atoms with E-state index in [0.717, 1.165) is 39.3 Å². The van der Waals surface area contributed by atoms with E-state index in [1.165, 1.54) is 16.2 Å². The molecule has 106 valence electrons. The predicted molar refractivity (Wildman–Crippen MR) is 74.8 cm³/mol. The summed E-state index contributed by atoms with van der Waals surface area (Å²) in [7, 11) is 0. The number of hydrazine groups is 1. The first-order chi connectivity index (χ1) is 9.22. The minimum atomic E-state index is -0.232. The van der Waals surface area contributed by atoms with Crippen molar-refractivity contribution in [2.24, 2.45) is 5.84 Å². The number of nitrogen functional groups attached to an aromatic ring is 1. The molecule has 4 N–H and O–H groups in total. The van der Waals surface area contributed by atoms with Crippen LogP contribution in [-0.2, 0) is 6.54 Å². The average Bonchev–Trinajstić information content (AvgIpc) is 2.89. The molecule has 1 fully saturated rings. The van der Waals surface area contributed by atoms with E-state index in [2.05, 4.69) is 15.2 Å². The van der Waals surface area contributed by atoms with Gasteiger partial charge in [0.25, 0.3) is 5.91 Å². The van der Waals surface area contributed by atoms with E-state index in [-0.39, 0.29) is 12.5 Å². The lowest BCUT2D eigenvalue weighted by molar-refractivity contribution is 0.0957. The molecular formula is C12H20N4O2S. The van der Waals surface area contributed by atoms with E-state index in [1.54, 1.807) is 0 Å². The van der Waals surface area contributed by atoms with E-state index in [1.807, 2.05) is 12.1 Å². The Morgan fingerprint density at radius 2 is 2.00 bits per heavy atom. The SMILES string of the molecule is NNC(=O)c1ccc(CN2CCN(CCO)CC2)s1. The van der Waals surface area contributed by atoms with Gasteiger partial charge in [0.1, 0.15) is 0 Å². The van der Waals surface area contributed by atoms with Crippen molar-refractivity contribution in [3.8, 4) is 0 Å². The lowest BCUT2D eigenvalue weighted by Crippen LogP contribution is -2.46. The Kier molecular flexibility index (Phi) is 5.29. The van der Waals surface area contributed by atoms with Crippen LogP contribution in [0.2, 0.25) is 0 Å². The molecule has 19 heavy (non-hydrogen) atoms. The van der Waals surface area contributed by atoms with Crippen LogP contribution in [-0.4, -0.2) is 60.1 Å². The Morgan fingerprint density at radius 1 is 1.32 bits per heavy atom. The number of rotatable bonds is 5. The van der Waals surface area contributed by atoms with Gasteiger partial charge in [0.15, 0.2) is 0 Å². The Labute approximate surface area is 116 Å². The van der Waals surface area contributed by atoms with Gasteiger partial charge in [-0.15, -0.1) is 11.3 Å². The zero-order chi connectivity index (χ0) is 13.7. The van der Waals surface area contributed by atoms with E-state index in [0.29, 0.717) is 4.88 Å². The molecule has 0 bridgehead atoms. The first-order valence-electron chi connectivity index (χ1n) is 6.38. The zero-order valence-corrected chi connectivity index (χ0v) is 11.7. The van der Waals surface area contributed by atoms with E-state index >= 15 is 0 Å². The van der Waals surface area contributed by atoms with Gasteiger partial charge in [-0.3, -0.25) is 20.0 Å². The summed E-state index contributed by atoms with van der Waals surface area (Å²) in [5.41, 5.74) is 2.15. The highest BCUT2D eigenvalue weighted by Gasteiger charge is 2.17. The number of nitrogens with zero attached hydrogens (tertiary/aromatic N) is 2. The molecule has 0 aliphatic carbocycles. The Morgan fingerprint density at radius 3 is 2.63 bits per heavy atom. The van der Waals surface area contributed by atoms with Crippen molar-refractivity contribution < 1.29 is 9.90 Å². The number of β-amino-alcohol motifs (C(OH)–C–C–N with tert-alkyl or cyclic N) is 1. The molecule has 6 nitrogen and oxygen atoms in total. The normalized spacial score (nSPS) is 17.6. The van der Waals surface area contributed by atoms with Crippen LogP contribution in [0.4, 0.5) is 0 Å². The molecule has 1 aromatic heterocycles. The lowest BCUT2D eigenvalue weighted by atomic mass is 10.3. The molecule has 1 amide bonds. The van der Waals surface area contributed by atoms with Crippen LogP contribution < -0.4 is 11.3 Å². The first-order valence-corrected chi connectivity index (χ1v) is 7.20. The van der Waals surface area contributed by atoms with Crippen molar-refractivity contribution in [1.82, 2.24) is 15.2 Å². The predicted octanol–water partition coefficient (Wildman–Crippen LogP) is -0.539. The minimum absolute atomic E-state index is 0.225. The molecular weight excluding hydrogens is 264 g/mol. The number of carbonyl (C=O) groups excluding carboxylic acids is 1. The summed E-state index contributed by atoms with van der Waals surface area (Å²) in [6.45, 7) is 5.82. The maximum Gasteiger partial charge on any atom is 0.275 e. The van der Waals surface area contributed by atoms with Gasteiger partial charge in [-0.2, -0.15) is 0 Å². The summed E-state index contributed by atoms with van der Waals surface area (Å²) in [4.78, 5) is 17.8. The van der Waals surface area contributed by atoms with Crippen molar-refractivity contribution in [1.29, 1.82) is 0 Å². The van der Waals surface area contributed by atoms with E-state index in [4.69, 9.17) is 10.9 Å². The summed E-state index contributed by atoms with van der Waals surface area (Å²) in [6, 6.07) is 3.79. The van der Waals surface area contributed by atoms with Crippen molar-refractivity contribution >= 4 is 17.2 Å². The molecule has 1 aliphatic rings. The molecule has 0 aromatic carbocycles. The van der Waals surface area contributed by atoms with Gasteiger partial charge in [-0.25, -0.2) is 5.84 Å². The zero-order valence-electron chi connectivity index (χ0n) is 10.8. The molecule has 0 spiro atoms. The van der Waals surface area contributed by atoms with Crippen molar-refractivity contribution in [2.45, 2.75) is 6.54 Å². The third kappa shape index (κ3) is 3.99.